The molecule has 2 heterocycles. The highest BCUT2D eigenvalue weighted by atomic mass is 127. The zero-order valence-corrected chi connectivity index (χ0v) is 21.9. The molecule has 0 aromatic heterocycles. The smallest absolute Gasteiger partial charge is 0.193 e. The number of nitrogens with one attached hydrogen (secondary N) is 1. The lowest BCUT2D eigenvalue weighted by Crippen LogP contribution is -2.56. The summed E-state index contributed by atoms with van der Waals surface area (Å²) in [5.41, 5.74) is 1.00. The topological polar surface area (TPSA) is 43.3 Å². The van der Waals surface area contributed by atoms with Gasteiger partial charge in [0.1, 0.15) is 11.9 Å². The van der Waals surface area contributed by atoms with Crippen LogP contribution in [0.25, 0.3) is 0 Å². The van der Waals surface area contributed by atoms with E-state index in [4.69, 9.17) is 4.74 Å². The third-order valence-corrected chi connectivity index (χ3v) is 6.26. The van der Waals surface area contributed by atoms with Gasteiger partial charge < -0.3 is 19.9 Å². The van der Waals surface area contributed by atoms with E-state index in [1.54, 1.807) is 0 Å². The Hall–Kier alpha value is -0.970. The minimum atomic E-state index is -0.222. The van der Waals surface area contributed by atoms with Crippen molar-refractivity contribution in [1.82, 2.24) is 20.0 Å². The van der Waals surface area contributed by atoms with Crippen LogP contribution in [0.2, 0.25) is 0 Å². The maximum atomic E-state index is 13.3. The standard InChI is InChI=1S/C23H38FN5O.HI/c1-17(2)21(28-12-10-27(5)11-13-28)14-26-23(25-4)29-15-18(3)30-22(16-29)19-6-8-20(24)9-7-19;/h6-9,17-18,21-22H,10-16H2,1-5H3,(H,25,26);1H. The summed E-state index contributed by atoms with van der Waals surface area (Å²) in [7, 11) is 4.04. The number of likely N-dealkylation sites (N-methyl/N-ethyl adjacent to an activating group) is 1. The van der Waals surface area contributed by atoms with Gasteiger partial charge >= 0.3 is 0 Å². The van der Waals surface area contributed by atoms with E-state index in [-0.39, 0.29) is 42.0 Å². The lowest BCUT2D eigenvalue weighted by atomic mass is 10.0. The Balaban J connectivity index is 0.00000341. The number of piperazine rings is 1. The first kappa shape index (κ1) is 26.3. The van der Waals surface area contributed by atoms with Gasteiger partial charge in [0.15, 0.2) is 5.96 Å². The summed E-state index contributed by atoms with van der Waals surface area (Å²) in [4.78, 5) is 11.8. The Morgan fingerprint density at radius 1 is 1.16 bits per heavy atom. The second-order valence-corrected chi connectivity index (χ2v) is 8.97. The highest BCUT2D eigenvalue weighted by Gasteiger charge is 2.30. The Labute approximate surface area is 204 Å². The molecule has 8 heteroatoms. The SMILES string of the molecule is CN=C(NCC(C(C)C)N1CCN(C)CC1)N1CC(C)OC(c2ccc(F)cc2)C1.I. The summed E-state index contributed by atoms with van der Waals surface area (Å²) in [6.45, 7) is 13.5. The van der Waals surface area contributed by atoms with Gasteiger partial charge in [-0.3, -0.25) is 9.89 Å². The van der Waals surface area contributed by atoms with Crippen LogP contribution in [0.4, 0.5) is 4.39 Å². The highest BCUT2D eigenvalue weighted by molar-refractivity contribution is 14.0. The van der Waals surface area contributed by atoms with Crippen LogP contribution in [-0.4, -0.2) is 92.7 Å². The maximum absolute atomic E-state index is 13.3. The zero-order valence-electron chi connectivity index (χ0n) is 19.6. The highest BCUT2D eigenvalue weighted by Crippen LogP contribution is 2.25. The second-order valence-electron chi connectivity index (χ2n) is 8.97. The molecule has 2 saturated heterocycles. The van der Waals surface area contributed by atoms with Crippen molar-refractivity contribution in [1.29, 1.82) is 0 Å². The van der Waals surface area contributed by atoms with Gasteiger partial charge in [0.05, 0.1) is 12.6 Å². The molecule has 1 aromatic carbocycles. The second kappa shape index (κ2) is 12.3. The summed E-state index contributed by atoms with van der Waals surface area (Å²) in [6, 6.07) is 7.10. The van der Waals surface area contributed by atoms with Gasteiger partial charge in [0.2, 0.25) is 0 Å². The average Bonchev–Trinajstić information content (AvgIpc) is 2.72. The number of ether oxygens (including phenoxy) is 1. The van der Waals surface area contributed by atoms with E-state index in [2.05, 4.69) is 52.8 Å². The van der Waals surface area contributed by atoms with Gasteiger partial charge in [0, 0.05) is 52.4 Å². The molecule has 0 bridgehead atoms. The monoisotopic (exact) mass is 547 g/mol. The molecule has 3 unspecified atom stereocenters. The van der Waals surface area contributed by atoms with Gasteiger partial charge in [-0.2, -0.15) is 0 Å². The normalized spacial score (nSPS) is 24.7. The van der Waals surface area contributed by atoms with Crippen molar-refractivity contribution >= 4 is 29.9 Å². The number of guanidine groups is 1. The molecule has 31 heavy (non-hydrogen) atoms. The lowest BCUT2D eigenvalue weighted by molar-refractivity contribution is -0.0606. The minimum Gasteiger partial charge on any atom is -0.367 e. The summed E-state index contributed by atoms with van der Waals surface area (Å²) in [5, 5.41) is 3.64. The van der Waals surface area contributed by atoms with Crippen molar-refractivity contribution in [3.8, 4) is 0 Å². The van der Waals surface area contributed by atoms with E-state index >= 15 is 0 Å². The Bertz CT molecular complexity index is 694. The number of benzene rings is 1. The molecule has 0 spiro atoms. The van der Waals surface area contributed by atoms with Crippen LogP contribution in [0.1, 0.15) is 32.4 Å². The largest absolute Gasteiger partial charge is 0.367 e. The van der Waals surface area contributed by atoms with Crippen molar-refractivity contribution in [3.05, 3.63) is 35.6 Å². The molecule has 3 atom stereocenters. The first-order chi connectivity index (χ1) is 14.4. The number of morpholine rings is 1. The molecule has 0 radical (unpaired) electrons. The van der Waals surface area contributed by atoms with Crippen LogP contribution in [-0.2, 0) is 4.74 Å². The average molecular weight is 548 g/mol. The summed E-state index contributed by atoms with van der Waals surface area (Å²) < 4.78 is 19.5. The molecule has 0 saturated carbocycles. The van der Waals surface area contributed by atoms with Crippen LogP contribution >= 0.6 is 24.0 Å². The van der Waals surface area contributed by atoms with Crippen LogP contribution in [0, 0.1) is 11.7 Å². The first-order valence-electron chi connectivity index (χ1n) is 11.2. The lowest BCUT2D eigenvalue weighted by Gasteiger charge is -2.42. The molecular weight excluding hydrogens is 508 g/mol. The van der Waals surface area contributed by atoms with Crippen molar-refractivity contribution in [2.45, 2.75) is 39.0 Å². The van der Waals surface area contributed by atoms with Crippen molar-refractivity contribution < 1.29 is 9.13 Å². The summed E-state index contributed by atoms with van der Waals surface area (Å²) in [6.07, 6.45) is -0.0164. The molecule has 176 valence electrons. The Kier molecular flexibility index (Phi) is 10.4. The fourth-order valence-corrected chi connectivity index (χ4v) is 4.45. The van der Waals surface area contributed by atoms with Gasteiger partial charge in [-0.15, -0.1) is 24.0 Å². The molecule has 1 aromatic rings. The third kappa shape index (κ3) is 7.27. The van der Waals surface area contributed by atoms with E-state index in [1.165, 1.54) is 12.1 Å². The van der Waals surface area contributed by atoms with Crippen molar-refractivity contribution in [3.63, 3.8) is 0 Å². The molecule has 3 rings (SSSR count). The maximum Gasteiger partial charge on any atom is 0.193 e. The Morgan fingerprint density at radius 2 is 1.81 bits per heavy atom. The molecule has 2 aliphatic rings. The van der Waals surface area contributed by atoms with Crippen molar-refractivity contribution in [2.24, 2.45) is 10.9 Å². The molecule has 0 amide bonds. The number of aliphatic imine (C=N–C) groups is 1. The first-order valence-corrected chi connectivity index (χ1v) is 11.2. The van der Waals surface area contributed by atoms with E-state index in [9.17, 15) is 4.39 Å². The molecular formula is C23H39FIN5O. The van der Waals surface area contributed by atoms with E-state index in [0.717, 1.165) is 50.8 Å². The number of rotatable bonds is 5. The van der Waals surface area contributed by atoms with Crippen LogP contribution in [0.5, 0.6) is 0 Å². The number of hydrogen-bond donors (Lipinski definition) is 1. The predicted molar refractivity (Wildman–Crippen MR) is 136 cm³/mol. The number of hydrogen-bond acceptors (Lipinski definition) is 4. The quantitative estimate of drug-likeness (QED) is 0.349. The van der Waals surface area contributed by atoms with Gasteiger partial charge in [-0.25, -0.2) is 4.39 Å². The number of nitrogens with zero attached hydrogens (tertiary/aromatic N) is 4. The summed E-state index contributed by atoms with van der Waals surface area (Å²) in [5.74, 6) is 1.26. The van der Waals surface area contributed by atoms with E-state index < -0.39 is 0 Å². The fraction of sp³-hybridized carbons (Fsp3) is 0.696. The van der Waals surface area contributed by atoms with Crippen LogP contribution in [0.3, 0.4) is 0 Å². The van der Waals surface area contributed by atoms with Crippen LogP contribution in [0.15, 0.2) is 29.3 Å². The molecule has 0 aliphatic carbocycles. The van der Waals surface area contributed by atoms with Crippen molar-refractivity contribution in [2.75, 3.05) is 59.9 Å². The van der Waals surface area contributed by atoms with Gasteiger partial charge in [-0.1, -0.05) is 26.0 Å². The van der Waals surface area contributed by atoms with Gasteiger partial charge in [0.25, 0.3) is 0 Å². The summed E-state index contributed by atoms with van der Waals surface area (Å²) >= 11 is 0. The van der Waals surface area contributed by atoms with Crippen LogP contribution < -0.4 is 5.32 Å². The fourth-order valence-electron chi connectivity index (χ4n) is 4.45. The van der Waals surface area contributed by atoms with E-state index in [0.29, 0.717) is 18.5 Å². The third-order valence-electron chi connectivity index (χ3n) is 6.26. The number of halogens is 2. The molecule has 2 fully saturated rings. The molecule has 6 nitrogen and oxygen atoms in total. The zero-order chi connectivity index (χ0) is 21.7. The molecule has 1 N–H and O–H groups in total. The van der Waals surface area contributed by atoms with Gasteiger partial charge in [-0.05, 0) is 37.6 Å². The predicted octanol–water partition coefficient (Wildman–Crippen LogP) is 3.05. The Morgan fingerprint density at radius 3 is 2.39 bits per heavy atom. The molecule has 2 aliphatic heterocycles. The van der Waals surface area contributed by atoms with E-state index in [1.807, 2.05) is 19.2 Å². The minimum absolute atomic E-state index is 0.